The van der Waals surface area contributed by atoms with E-state index < -0.39 is 0 Å². The quantitative estimate of drug-likeness (QED) is 0.906. The molecule has 1 aliphatic carbocycles. The highest BCUT2D eigenvalue weighted by Gasteiger charge is 2.37. The maximum atomic E-state index is 10.5. The Labute approximate surface area is 116 Å². The van der Waals surface area contributed by atoms with Crippen LogP contribution in [-0.4, -0.2) is 39.5 Å². The molecule has 2 atom stereocenters. The molecular weight excluding hydrogens is 238 g/mol. The van der Waals surface area contributed by atoms with E-state index in [1.807, 2.05) is 17.9 Å². The van der Waals surface area contributed by atoms with Gasteiger partial charge in [-0.3, -0.25) is 4.68 Å². The molecule has 1 aromatic rings. The predicted molar refractivity (Wildman–Crippen MR) is 76.7 cm³/mol. The molecule has 4 heteroatoms. The van der Waals surface area contributed by atoms with Crippen LogP contribution in [0.4, 0.5) is 0 Å². The minimum atomic E-state index is -0.183. The zero-order valence-corrected chi connectivity index (χ0v) is 12.6. The van der Waals surface area contributed by atoms with Gasteiger partial charge in [-0.1, -0.05) is 20.3 Å². The van der Waals surface area contributed by atoms with Crippen molar-refractivity contribution in [2.75, 3.05) is 13.6 Å². The predicted octanol–water partition coefficient (Wildman–Crippen LogP) is 2.04. The molecule has 1 heterocycles. The fourth-order valence-electron chi connectivity index (χ4n) is 3.28. The van der Waals surface area contributed by atoms with Gasteiger partial charge in [0.05, 0.1) is 12.3 Å². The zero-order chi connectivity index (χ0) is 14.0. The molecule has 4 nitrogen and oxygen atoms in total. The van der Waals surface area contributed by atoms with Gasteiger partial charge in [0.2, 0.25) is 0 Å². The normalized spacial score (nSPS) is 26.8. The maximum Gasteiger partial charge on any atom is 0.0631 e. The smallest absolute Gasteiger partial charge is 0.0631 e. The average molecular weight is 265 g/mol. The van der Waals surface area contributed by atoms with E-state index in [1.54, 1.807) is 0 Å². The first-order valence-electron chi connectivity index (χ1n) is 7.22. The fourth-order valence-corrected chi connectivity index (χ4v) is 3.28. The van der Waals surface area contributed by atoms with Gasteiger partial charge in [0, 0.05) is 31.9 Å². The van der Waals surface area contributed by atoms with Crippen LogP contribution in [0.15, 0.2) is 12.4 Å². The Kier molecular flexibility index (Phi) is 4.31. The van der Waals surface area contributed by atoms with Crippen molar-refractivity contribution in [1.29, 1.82) is 0 Å². The van der Waals surface area contributed by atoms with Crippen LogP contribution in [0, 0.1) is 11.3 Å². The van der Waals surface area contributed by atoms with Gasteiger partial charge in [-0.15, -0.1) is 0 Å². The summed E-state index contributed by atoms with van der Waals surface area (Å²) in [5.74, 6) is 0.394. The van der Waals surface area contributed by atoms with Crippen LogP contribution in [0.5, 0.6) is 0 Å². The van der Waals surface area contributed by atoms with E-state index in [9.17, 15) is 5.11 Å². The second-order valence-corrected chi connectivity index (χ2v) is 6.80. The average Bonchev–Trinajstić information content (AvgIpc) is 2.70. The number of aryl methyl sites for hydroxylation is 1. The summed E-state index contributed by atoms with van der Waals surface area (Å²) in [6, 6.07) is 0. The van der Waals surface area contributed by atoms with Crippen molar-refractivity contribution in [3.05, 3.63) is 18.0 Å². The van der Waals surface area contributed by atoms with Crippen LogP contribution in [0.3, 0.4) is 0 Å². The van der Waals surface area contributed by atoms with Gasteiger partial charge in [0.15, 0.2) is 0 Å². The van der Waals surface area contributed by atoms with Gasteiger partial charge in [-0.25, -0.2) is 0 Å². The Bertz CT molecular complexity index is 413. The first kappa shape index (κ1) is 14.5. The van der Waals surface area contributed by atoms with E-state index in [2.05, 4.69) is 37.1 Å². The van der Waals surface area contributed by atoms with Crippen LogP contribution in [0.1, 0.15) is 38.7 Å². The number of rotatable bonds is 4. The largest absolute Gasteiger partial charge is 0.392 e. The Morgan fingerprint density at radius 3 is 2.89 bits per heavy atom. The molecule has 1 aromatic heterocycles. The monoisotopic (exact) mass is 265 g/mol. The van der Waals surface area contributed by atoms with Crippen molar-refractivity contribution in [2.45, 2.75) is 45.8 Å². The number of hydrogen-bond acceptors (Lipinski definition) is 3. The Morgan fingerprint density at radius 2 is 2.26 bits per heavy atom. The summed E-state index contributed by atoms with van der Waals surface area (Å²) in [4.78, 5) is 2.30. The lowest BCUT2D eigenvalue weighted by Gasteiger charge is -2.42. The molecule has 0 saturated heterocycles. The topological polar surface area (TPSA) is 41.3 Å². The highest BCUT2D eigenvalue weighted by molar-refractivity contribution is 5.03. The summed E-state index contributed by atoms with van der Waals surface area (Å²) in [6.07, 6.45) is 7.29. The van der Waals surface area contributed by atoms with Gasteiger partial charge in [-0.05, 0) is 31.2 Å². The Balaban J connectivity index is 1.89. The van der Waals surface area contributed by atoms with E-state index in [4.69, 9.17) is 0 Å². The van der Waals surface area contributed by atoms with E-state index in [0.29, 0.717) is 5.92 Å². The summed E-state index contributed by atoms with van der Waals surface area (Å²) >= 11 is 0. The third-order valence-electron chi connectivity index (χ3n) is 4.40. The van der Waals surface area contributed by atoms with Gasteiger partial charge >= 0.3 is 0 Å². The number of aromatic nitrogens is 2. The minimum absolute atomic E-state index is 0.0675. The second kappa shape index (κ2) is 5.63. The lowest BCUT2D eigenvalue weighted by molar-refractivity contribution is -0.0414. The van der Waals surface area contributed by atoms with Crippen molar-refractivity contribution in [2.24, 2.45) is 18.4 Å². The second-order valence-electron chi connectivity index (χ2n) is 6.80. The first-order chi connectivity index (χ1) is 8.88. The summed E-state index contributed by atoms with van der Waals surface area (Å²) in [5, 5.41) is 14.7. The summed E-state index contributed by atoms with van der Waals surface area (Å²) in [7, 11) is 4.07. The highest BCUT2D eigenvalue weighted by Crippen LogP contribution is 2.39. The Hall–Kier alpha value is -0.870. The van der Waals surface area contributed by atoms with E-state index in [-0.39, 0.29) is 11.5 Å². The van der Waals surface area contributed by atoms with Crippen LogP contribution < -0.4 is 0 Å². The lowest BCUT2D eigenvalue weighted by atomic mass is 9.69. The van der Waals surface area contributed by atoms with Crippen LogP contribution in [-0.2, 0) is 13.6 Å². The molecule has 1 aliphatic rings. The molecule has 0 bridgehead atoms. The fraction of sp³-hybridized carbons (Fsp3) is 0.800. The zero-order valence-electron chi connectivity index (χ0n) is 12.6. The van der Waals surface area contributed by atoms with Crippen molar-refractivity contribution in [3.63, 3.8) is 0 Å². The van der Waals surface area contributed by atoms with Crippen molar-refractivity contribution >= 4 is 0 Å². The van der Waals surface area contributed by atoms with Crippen LogP contribution in [0.2, 0.25) is 0 Å². The summed E-state index contributed by atoms with van der Waals surface area (Å²) in [5.41, 5.74) is 1.30. The molecule has 1 N–H and O–H groups in total. The number of aliphatic hydroxyl groups is 1. The molecule has 1 saturated carbocycles. The number of aliphatic hydroxyl groups excluding tert-OH is 1. The van der Waals surface area contributed by atoms with Gasteiger partial charge in [0.1, 0.15) is 0 Å². The van der Waals surface area contributed by atoms with Gasteiger partial charge in [0.25, 0.3) is 0 Å². The van der Waals surface area contributed by atoms with Crippen molar-refractivity contribution in [1.82, 2.24) is 14.7 Å². The lowest BCUT2D eigenvalue weighted by Crippen LogP contribution is -2.44. The molecule has 19 heavy (non-hydrogen) atoms. The minimum Gasteiger partial charge on any atom is -0.392 e. The molecule has 0 radical (unpaired) electrons. The first-order valence-corrected chi connectivity index (χ1v) is 7.22. The molecule has 108 valence electrons. The molecule has 0 amide bonds. The highest BCUT2D eigenvalue weighted by atomic mass is 16.3. The van der Waals surface area contributed by atoms with E-state index in [0.717, 1.165) is 25.9 Å². The third-order valence-corrected chi connectivity index (χ3v) is 4.40. The number of hydrogen-bond donors (Lipinski definition) is 1. The SMILES string of the molecule is CN(Cc1cnn(C)c1)CC1CCCC(C)(C)C1O. The van der Waals surface area contributed by atoms with E-state index in [1.165, 1.54) is 12.0 Å². The molecule has 0 aliphatic heterocycles. The molecular formula is C15H27N3O. The van der Waals surface area contributed by atoms with Crippen LogP contribution in [0.25, 0.3) is 0 Å². The molecule has 2 rings (SSSR count). The van der Waals surface area contributed by atoms with Crippen molar-refractivity contribution in [3.8, 4) is 0 Å². The number of nitrogens with zero attached hydrogens (tertiary/aromatic N) is 3. The molecule has 1 fully saturated rings. The standard InChI is InChI=1S/C15H27N3O/c1-15(2)7-5-6-13(14(15)19)11-17(3)9-12-8-16-18(4)10-12/h8,10,13-14,19H,5-7,9,11H2,1-4H3. The maximum absolute atomic E-state index is 10.5. The van der Waals surface area contributed by atoms with E-state index >= 15 is 0 Å². The van der Waals surface area contributed by atoms with Gasteiger partial charge in [-0.2, -0.15) is 5.10 Å². The van der Waals surface area contributed by atoms with Crippen LogP contribution >= 0.6 is 0 Å². The summed E-state index contributed by atoms with van der Waals surface area (Å²) < 4.78 is 1.84. The Morgan fingerprint density at radius 1 is 1.53 bits per heavy atom. The molecule has 2 unspecified atom stereocenters. The summed E-state index contributed by atoms with van der Waals surface area (Å²) in [6.45, 7) is 6.23. The molecule has 0 aromatic carbocycles. The van der Waals surface area contributed by atoms with Gasteiger partial charge < -0.3 is 10.0 Å². The molecule has 0 spiro atoms. The third kappa shape index (κ3) is 3.57. The van der Waals surface area contributed by atoms with Crippen molar-refractivity contribution < 1.29 is 5.11 Å².